The fourth-order valence-electron chi connectivity index (χ4n) is 2.83. The number of anilines is 1. The zero-order valence-electron chi connectivity index (χ0n) is 17.6. The monoisotopic (exact) mass is 432 g/mol. The van der Waals surface area contributed by atoms with Gasteiger partial charge in [-0.2, -0.15) is 0 Å². The molecule has 31 heavy (non-hydrogen) atoms. The van der Waals surface area contributed by atoms with E-state index in [1.165, 1.54) is 13.3 Å². The predicted molar refractivity (Wildman–Crippen MR) is 113 cm³/mol. The van der Waals surface area contributed by atoms with Gasteiger partial charge in [0.25, 0.3) is 5.88 Å². The molecule has 10 nitrogen and oxygen atoms in total. The third-order valence-electron chi connectivity index (χ3n) is 4.52. The Morgan fingerprint density at radius 2 is 2.10 bits per heavy atom. The zero-order valence-corrected chi connectivity index (χ0v) is 17.6. The van der Waals surface area contributed by atoms with Crippen LogP contribution in [0, 0.1) is 11.2 Å². The molecule has 11 heteroatoms. The number of likely N-dealkylation sites (N-methyl/N-ethyl adjacent to an activating group) is 2. The molecule has 0 fully saturated rings. The number of aromatic nitrogens is 2. The van der Waals surface area contributed by atoms with Crippen molar-refractivity contribution in [1.82, 2.24) is 20.6 Å². The molecule has 2 rings (SSSR count). The van der Waals surface area contributed by atoms with Gasteiger partial charge in [-0.1, -0.05) is 0 Å². The Balaban J connectivity index is 2.48. The molecule has 6 N–H and O–H groups in total. The Bertz CT molecular complexity index is 1010. The van der Waals surface area contributed by atoms with Crippen LogP contribution < -0.4 is 21.1 Å². The van der Waals surface area contributed by atoms with Crippen LogP contribution in [0.15, 0.2) is 30.1 Å². The third kappa shape index (κ3) is 5.45. The molecule has 0 saturated carbocycles. The van der Waals surface area contributed by atoms with Crippen molar-refractivity contribution in [1.29, 1.82) is 5.41 Å². The number of carboxylic acid groups (broad SMARTS) is 1. The quantitative estimate of drug-likeness (QED) is 0.294. The van der Waals surface area contributed by atoms with Crippen LogP contribution in [-0.4, -0.2) is 54.2 Å². The normalized spacial score (nSPS) is 12.5. The lowest BCUT2D eigenvalue weighted by atomic mass is 10.1. The third-order valence-corrected chi connectivity index (χ3v) is 4.52. The Labute approximate surface area is 178 Å². The standard InChI is InChI=1S/C20H25FN6O4/c1-10(24-2)16(25-3)15(18(23)30-4)14-8-26-17(22)19(27-14)31-9-11-7-12(21)5-6-13(11)20(28)29/h5-8,10,23-25H,9H2,1-4H3,(H2,22,26)(H,28,29)/b16-15-,23-18?. The van der Waals surface area contributed by atoms with Crippen LogP contribution in [0.5, 0.6) is 5.88 Å². The molecule has 0 radical (unpaired) electrons. The van der Waals surface area contributed by atoms with E-state index in [-0.39, 0.29) is 47.1 Å². The lowest BCUT2D eigenvalue weighted by Gasteiger charge is -2.20. The van der Waals surface area contributed by atoms with Crippen LogP contribution in [0.1, 0.15) is 28.5 Å². The minimum Gasteiger partial charge on any atom is -0.481 e. The van der Waals surface area contributed by atoms with Crippen LogP contribution in [0.2, 0.25) is 0 Å². The minimum absolute atomic E-state index is 0.0481. The maximum absolute atomic E-state index is 13.6. The summed E-state index contributed by atoms with van der Waals surface area (Å²) in [6, 6.07) is 3.10. The highest BCUT2D eigenvalue weighted by molar-refractivity contribution is 6.18. The van der Waals surface area contributed by atoms with Crippen molar-refractivity contribution in [3.8, 4) is 5.88 Å². The molecule has 0 aliphatic carbocycles. The first-order valence-electron chi connectivity index (χ1n) is 9.22. The van der Waals surface area contributed by atoms with E-state index in [9.17, 15) is 14.3 Å². The molecule has 1 aromatic carbocycles. The second-order valence-electron chi connectivity index (χ2n) is 6.42. The first kappa shape index (κ1) is 23.5. The molecule has 166 valence electrons. The Morgan fingerprint density at radius 3 is 2.68 bits per heavy atom. The van der Waals surface area contributed by atoms with Crippen LogP contribution >= 0.6 is 0 Å². The molecule has 2 aromatic rings. The molecule has 0 spiro atoms. The van der Waals surface area contributed by atoms with Gasteiger partial charge < -0.3 is 30.9 Å². The summed E-state index contributed by atoms with van der Waals surface area (Å²) in [5.74, 6) is -2.12. The van der Waals surface area contributed by atoms with Gasteiger partial charge in [-0.3, -0.25) is 5.41 Å². The second-order valence-corrected chi connectivity index (χ2v) is 6.42. The van der Waals surface area contributed by atoms with Gasteiger partial charge in [0.15, 0.2) is 5.82 Å². The highest BCUT2D eigenvalue weighted by Gasteiger charge is 2.22. The molecule has 1 aromatic heterocycles. The molecule has 0 saturated heterocycles. The largest absolute Gasteiger partial charge is 0.481 e. The first-order chi connectivity index (χ1) is 14.7. The van der Waals surface area contributed by atoms with Crippen LogP contribution in [-0.2, 0) is 11.3 Å². The molecular weight excluding hydrogens is 407 g/mol. The number of hydrogen-bond donors (Lipinski definition) is 5. The lowest BCUT2D eigenvalue weighted by Crippen LogP contribution is -2.32. The van der Waals surface area contributed by atoms with E-state index in [0.29, 0.717) is 11.3 Å². The van der Waals surface area contributed by atoms with Gasteiger partial charge in [0.05, 0.1) is 30.1 Å². The summed E-state index contributed by atoms with van der Waals surface area (Å²) in [5, 5.41) is 23.6. The summed E-state index contributed by atoms with van der Waals surface area (Å²) in [6.45, 7) is 1.59. The van der Waals surface area contributed by atoms with Gasteiger partial charge in [-0.25, -0.2) is 19.2 Å². The topological polar surface area (TPSA) is 155 Å². The number of methoxy groups -OCH3 is 1. The summed E-state index contributed by atoms with van der Waals surface area (Å²) in [6.07, 6.45) is 1.37. The summed E-state index contributed by atoms with van der Waals surface area (Å²) in [7, 11) is 4.82. The SMILES string of the molecule is CN/C(=C(\C(=N)OC)c1cnc(N)c(OCc2cc(F)ccc2C(=O)O)n1)C(C)NC. The van der Waals surface area contributed by atoms with E-state index in [4.69, 9.17) is 20.6 Å². The number of nitrogen functional groups attached to an aromatic ring is 1. The zero-order chi connectivity index (χ0) is 23.1. The molecule has 0 bridgehead atoms. The number of halogens is 1. The number of nitrogens with zero attached hydrogens (tertiary/aromatic N) is 2. The second kappa shape index (κ2) is 10.3. The van der Waals surface area contributed by atoms with E-state index < -0.39 is 11.8 Å². The summed E-state index contributed by atoms with van der Waals surface area (Å²) >= 11 is 0. The van der Waals surface area contributed by atoms with Gasteiger partial charge in [0.1, 0.15) is 12.4 Å². The summed E-state index contributed by atoms with van der Waals surface area (Å²) in [5.41, 5.74) is 7.08. The van der Waals surface area contributed by atoms with Crippen molar-refractivity contribution >= 4 is 23.3 Å². The number of hydrogen-bond acceptors (Lipinski definition) is 9. The fraction of sp³-hybridized carbons (Fsp3) is 0.300. The van der Waals surface area contributed by atoms with Gasteiger partial charge in [0, 0.05) is 24.4 Å². The summed E-state index contributed by atoms with van der Waals surface area (Å²) < 4.78 is 24.3. The van der Waals surface area contributed by atoms with Gasteiger partial charge in [-0.05, 0) is 32.2 Å². The number of aromatic carboxylic acids is 1. The van der Waals surface area contributed by atoms with Crippen LogP contribution in [0.3, 0.4) is 0 Å². The number of carboxylic acids is 1. The molecule has 0 amide bonds. The highest BCUT2D eigenvalue weighted by atomic mass is 19.1. The highest BCUT2D eigenvalue weighted by Crippen LogP contribution is 2.25. The van der Waals surface area contributed by atoms with E-state index in [0.717, 1.165) is 18.2 Å². The number of nitrogens with two attached hydrogens (primary N) is 1. The smallest absolute Gasteiger partial charge is 0.336 e. The van der Waals surface area contributed by atoms with E-state index in [1.54, 1.807) is 14.1 Å². The Hall–Kier alpha value is -3.73. The van der Waals surface area contributed by atoms with Crippen molar-refractivity contribution in [2.24, 2.45) is 0 Å². The van der Waals surface area contributed by atoms with Gasteiger partial charge in [0.2, 0.25) is 5.90 Å². The van der Waals surface area contributed by atoms with Crippen molar-refractivity contribution in [2.45, 2.75) is 19.6 Å². The van der Waals surface area contributed by atoms with E-state index >= 15 is 0 Å². The van der Waals surface area contributed by atoms with Crippen molar-refractivity contribution in [3.63, 3.8) is 0 Å². The maximum atomic E-state index is 13.6. The van der Waals surface area contributed by atoms with Crippen molar-refractivity contribution in [2.75, 3.05) is 26.9 Å². The average Bonchev–Trinajstić information content (AvgIpc) is 2.75. The van der Waals surface area contributed by atoms with Gasteiger partial charge >= 0.3 is 5.97 Å². The number of nitrogens with one attached hydrogen (secondary N) is 3. The molecule has 0 aliphatic rings. The Morgan fingerprint density at radius 1 is 1.39 bits per heavy atom. The number of carbonyl (C=O) groups is 1. The molecule has 1 heterocycles. The van der Waals surface area contributed by atoms with E-state index in [2.05, 4.69) is 20.6 Å². The Kier molecular flexibility index (Phi) is 7.86. The van der Waals surface area contributed by atoms with Crippen LogP contribution in [0.25, 0.3) is 5.57 Å². The van der Waals surface area contributed by atoms with Crippen LogP contribution in [0.4, 0.5) is 10.2 Å². The molecule has 1 atom stereocenters. The number of rotatable bonds is 9. The fourth-order valence-corrected chi connectivity index (χ4v) is 2.83. The molecule has 0 aliphatic heterocycles. The average molecular weight is 432 g/mol. The van der Waals surface area contributed by atoms with Crippen molar-refractivity contribution in [3.05, 3.63) is 52.7 Å². The maximum Gasteiger partial charge on any atom is 0.336 e. The predicted octanol–water partition coefficient (Wildman–Crippen LogP) is 1.64. The number of ether oxygens (including phenoxy) is 2. The number of benzene rings is 1. The van der Waals surface area contributed by atoms with Gasteiger partial charge in [-0.15, -0.1) is 0 Å². The summed E-state index contributed by atoms with van der Waals surface area (Å²) in [4.78, 5) is 19.8. The van der Waals surface area contributed by atoms with E-state index in [1.807, 2.05) is 6.92 Å². The molecular formula is C20H25FN6O4. The van der Waals surface area contributed by atoms with Crippen molar-refractivity contribution < 1.29 is 23.8 Å². The molecule has 1 unspecified atom stereocenters. The first-order valence-corrected chi connectivity index (χ1v) is 9.22. The lowest BCUT2D eigenvalue weighted by molar-refractivity contribution is 0.0693. The minimum atomic E-state index is -1.22.